The van der Waals surface area contributed by atoms with Crippen LogP contribution in [-0.2, 0) is 6.42 Å². The van der Waals surface area contributed by atoms with Crippen LogP contribution in [0, 0.1) is 34.0 Å². The summed E-state index contributed by atoms with van der Waals surface area (Å²) in [5, 5.41) is 38.6. The number of benzene rings is 2. The molecule has 0 bridgehead atoms. The smallest absolute Gasteiger partial charge is 0.163 e. The lowest BCUT2D eigenvalue weighted by atomic mass is 10.2. The molecule has 0 saturated heterocycles. The van der Waals surface area contributed by atoms with Crippen molar-refractivity contribution in [1.29, 1.82) is 15.8 Å². The lowest BCUT2D eigenvalue weighted by molar-refractivity contribution is 0.765. The Kier molecular flexibility index (Phi) is 4.60. The first-order chi connectivity index (χ1) is 12.7. The Labute approximate surface area is 150 Å². The van der Waals surface area contributed by atoms with Crippen molar-refractivity contribution in [3.8, 4) is 23.9 Å². The maximum atomic E-state index is 9.12. The number of aromatic nitrogens is 3. The van der Waals surface area contributed by atoms with Crippen LogP contribution >= 0.6 is 0 Å². The zero-order chi connectivity index (χ0) is 18.5. The van der Waals surface area contributed by atoms with Crippen LogP contribution in [0.15, 0.2) is 53.7 Å². The van der Waals surface area contributed by atoms with Crippen molar-refractivity contribution in [1.82, 2.24) is 15.0 Å². The summed E-state index contributed by atoms with van der Waals surface area (Å²) >= 11 is 0. The van der Waals surface area contributed by atoms with Crippen LogP contribution in [0.4, 0.5) is 5.69 Å². The zero-order valence-electron chi connectivity index (χ0n) is 13.9. The third-order valence-corrected chi connectivity index (χ3v) is 3.81. The molecule has 7 heteroatoms. The highest BCUT2D eigenvalue weighted by atomic mass is 15.5. The molecule has 0 aliphatic carbocycles. The van der Waals surface area contributed by atoms with Crippen molar-refractivity contribution in [2.45, 2.75) is 13.3 Å². The molecule has 1 heterocycles. The minimum Gasteiger partial charge on any atom is -0.345 e. The highest BCUT2D eigenvalue weighted by Gasteiger charge is 2.09. The summed E-state index contributed by atoms with van der Waals surface area (Å²) in [6.45, 7) is 2.10. The van der Waals surface area contributed by atoms with E-state index in [-0.39, 0.29) is 11.3 Å². The fourth-order valence-corrected chi connectivity index (χ4v) is 2.40. The second-order valence-electron chi connectivity index (χ2n) is 5.42. The molecule has 1 N–H and O–H groups in total. The fourth-order valence-electron chi connectivity index (χ4n) is 2.40. The molecule has 124 valence electrons. The van der Waals surface area contributed by atoms with Crippen LogP contribution in [0.5, 0.6) is 0 Å². The molecule has 0 fully saturated rings. The van der Waals surface area contributed by atoms with Crippen molar-refractivity contribution in [2.75, 3.05) is 5.32 Å². The summed E-state index contributed by atoms with van der Waals surface area (Å²) in [5.74, 6) is 0. The summed E-state index contributed by atoms with van der Waals surface area (Å²) in [7, 11) is 0. The molecule has 7 nitrogen and oxygen atoms in total. The van der Waals surface area contributed by atoms with Crippen molar-refractivity contribution in [3.05, 3.63) is 59.3 Å². The number of hydrogen-bond acceptors (Lipinski definition) is 6. The minimum absolute atomic E-state index is 0.100. The van der Waals surface area contributed by atoms with E-state index in [4.69, 9.17) is 15.8 Å². The summed E-state index contributed by atoms with van der Waals surface area (Å²) < 4.78 is 0. The van der Waals surface area contributed by atoms with E-state index in [1.54, 1.807) is 35.1 Å². The Bertz CT molecular complexity index is 1100. The molecule has 3 rings (SSSR count). The van der Waals surface area contributed by atoms with E-state index in [1.165, 1.54) is 5.56 Å². The Morgan fingerprint density at radius 3 is 2.27 bits per heavy atom. The van der Waals surface area contributed by atoms with Gasteiger partial charge in [-0.3, -0.25) is 0 Å². The largest absolute Gasteiger partial charge is 0.345 e. The fraction of sp³-hybridized carbons (Fsp3) is 0.105. The van der Waals surface area contributed by atoms with Crippen molar-refractivity contribution in [2.24, 2.45) is 0 Å². The maximum Gasteiger partial charge on any atom is 0.163 e. The standard InChI is InChI=1S/C19H13N7/c1-2-13-3-6-16(7-4-13)26-24-17-8-5-15(9-18(17)25-26)23-19(12-22)14(10-20)11-21/h3-9,23H,2H2,1H3. The van der Waals surface area contributed by atoms with Gasteiger partial charge in [-0.05, 0) is 42.3 Å². The van der Waals surface area contributed by atoms with Gasteiger partial charge in [-0.25, -0.2) is 0 Å². The molecule has 1 aromatic heterocycles. The van der Waals surface area contributed by atoms with Gasteiger partial charge in [0.05, 0.1) is 5.69 Å². The van der Waals surface area contributed by atoms with Crippen LogP contribution in [0.1, 0.15) is 12.5 Å². The van der Waals surface area contributed by atoms with Gasteiger partial charge in [0.2, 0.25) is 0 Å². The van der Waals surface area contributed by atoms with Gasteiger partial charge in [-0.1, -0.05) is 19.1 Å². The zero-order valence-corrected chi connectivity index (χ0v) is 13.9. The lowest BCUT2D eigenvalue weighted by Crippen LogP contribution is -2.00. The van der Waals surface area contributed by atoms with Crippen molar-refractivity contribution in [3.63, 3.8) is 0 Å². The van der Waals surface area contributed by atoms with Crippen molar-refractivity contribution >= 4 is 16.7 Å². The number of fused-ring (bicyclic) bond motifs is 1. The molecule has 0 aliphatic rings. The summed E-state index contributed by atoms with van der Waals surface area (Å²) in [6, 6.07) is 18.4. The predicted molar refractivity (Wildman–Crippen MR) is 95.7 cm³/mol. The van der Waals surface area contributed by atoms with Crippen LogP contribution in [-0.4, -0.2) is 15.0 Å². The van der Waals surface area contributed by atoms with Gasteiger partial charge < -0.3 is 5.32 Å². The van der Waals surface area contributed by atoms with E-state index < -0.39 is 0 Å². The first kappa shape index (κ1) is 16.7. The number of nitrogens with one attached hydrogen (secondary N) is 1. The average Bonchev–Trinajstić information content (AvgIpc) is 3.11. The third kappa shape index (κ3) is 3.21. The molecule has 0 saturated carbocycles. The molecule has 2 aromatic carbocycles. The first-order valence-corrected chi connectivity index (χ1v) is 7.86. The van der Waals surface area contributed by atoms with Crippen LogP contribution in [0.25, 0.3) is 16.7 Å². The van der Waals surface area contributed by atoms with E-state index in [9.17, 15) is 0 Å². The molecular formula is C19H13N7. The molecule has 26 heavy (non-hydrogen) atoms. The number of anilines is 1. The Balaban J connectivity index is 1.95. The third-order valence-electron chi connectivity index (χ3n) is 3.81. The predicted octanol–water partition coefficient (Wildman–Crippen LogP) is 3.22. The Hall–Kier alpha value is -4.15. The lowest BCUT2D eigenvalue weighted by Gasteiger charge is -2.03. The molecule has 0 aliphatic heterocycles. The van der Waals surface area contributed by atoms with Crippen LogP contribution < -0.4 is 5.32 Å². The monoisotopic (exact) mass is 339 g/mol. The SMILES string of the molecule is CCc1ccc(-n2nc3ccc(NC(C#N)=C(C#N)C#N)cc3n2)cc1. The number of nitriles is 3. The van der Waals surface area contributed by atoms with Gasteiger partial charge in [-0.15, -0.1) is 10.2 Å². The Morgan fingerprint density at radius 2 is 1.65 bits per heavy atom. The summed E-state index contributed by atoms with van der Waals surface area (Å²) in [4.78, 5) is 1.55. The van der Waals surface area contributed by atoms with E-state index in [2.05, 4.69) is 22.4 Å². The maximum absolute atomic E-state index is 9.12. The summed E-state index contributed by atoms with van der Waals surface area (Å²) in [6.07, 6.45) is 0.964. The Morgan fingerprint density at radius 1 is 0.962 bits per heavy atom. The number of aryl methyl sites for hydroxylation is 1. The minimum atomic E-state index is -0.271. The number of nitrogens with zero attached hydrogens (tertiary/aromatic N) is 6. The number of hydrogen-bond donors (Lipinski definition) is 1. The molecule has 3 aromatic rings. The molecule has 0 unspecified atom stereocenters. The van der Waals surface area contributed by atoms with E-state index in [0.29, 0.717) is 16.7 Å². The van der Waals surface area contributed by atoms with E-state index in [0.717, 1.165) is 12.1 Å². The van der Waals surface area contributed by atoms with Gasteiger partial charge in [0.1, 0.15) is 34.9 Å². The summed E-state index contributed by atoms with van der Waals surface area (Å²) in [5.41, 5.74) is 3.58. The van der Waals surface area contributed by atoms with Gasteiger partial charge in [0, 0.05) is 5.69 Å². The van der Waals surface area contributed by atoms with E-state index >= 15 is 0 Å². The van der Waals surface area contributed by atoms with Crippen molar-refractivity contribution < 1.29 is 0 Å². The number of allylic oxidation sites excluding steroid dienone is 2. The molecular weight excluding hydrogens is 326 g/mol. The topological polar surface area (TPSA) is 114 Å². The molecule has 0 amide bonds. The first-order valence-electron chi connectivity index (χ1n) is 7.86. The molecule has 0 radical (unpaired) electrons. The number of rotatable bonds is 4. The second kappa shape index (κ2) is 7.17. The van der Waals surface area contributed by atoms with E-state index in [1.807, 2.05) is 30.3 Å². The van der Waals surface area contributed by atoms with Crippen LogP contribution in [0.3, 0.4) is 0 Å². The highest BCUT2D eigenvalue weighted by molar-refractivity contribution is 5.79. The molecule has 0 atom stereocenters. The van der Waals surface area contributed by atoms with Gasteiger partial charge in [0.15, 0.2) is 5.57 Å². The van der Waals surface area contributed by atoms with Gasteiger partial charge in [-0.2, -0.15) is 20.6 Å². The normalized spacial score (nSPS) is 9.77. The highest BCUT2D eigenvalue weighted by Crippen LogP contribution is 2.19. The molecule has 0 spiro atoms. The quantitative estimate of drug-likeness (QED) is 0.730. The second-order valence-corrected chi connectivity index (χ2v) is 5.42. The van der Waals surface area contributed by atoms with Crippen LogP contribution in [0.2, 0.25) is 0 Å². The van der Waals surface area contributed by atoms with Gasteiger partial charge in [0.25, 0.3) is 0 Å². The van der Waals surface area contributed by atoms with Gasteiger partial charge >= 0.3 is 0 Å². The average molecular weight is 339 g/mol.